The zero-order valence-electron chi connectivity index (χ0n) is 14.8. The van der Waals surface area contributed by atoms with Gasteiger partial charge in [-0.05, 0) is 30.7 Å². The fraction of sp³-hybridized carbons (Fsp3) is 0.333. The van der Waals surface area contributed by atoms with E-state index in [-0.39, 0.29) is 17.6 Å². The number of nitrogens with two attached hydrogens (primary N) is 1. The second kappa shape index (κ2) is 9.45. The molecule has 0 bridgehead atoms. The number of rotatable bonds is 8. The average Bonchev–Trinajstić information content (AvgIpc) is 3.11. The molecule has 140 valence electrons. The van der Waals surface area contributed by atoms with Crippen molar-refractivity contribution in [2.45, 2.75) is 26.0 Å². The lowest BCUT2D eigenvalue weighted by Crippen LogP contribution is -2.42. The molecule has 0 saturated heterocycles. The zero-order valence-corrected chi connectivity index (χ0v) is 14.8. The molecule has 8 heteroatoms. The van der Waals surface area contributed by atoms with Crippen LogP contribution in [0.25, 0.3) is 0 Å². The number of amides is 1. The number of hydrogen-bond donors (Lipinski definition) is 3. The first-order valence-corrected chi connectivity index (χ1v) is 8.27. The molecule has 0 spiro atoms. The molecule has 2 aromatic rings. The topological polar surface area (TPSA) is 102 Å². The van der Waals surface area contributed by atoms with Crippen LogP contribution in [0.4, 0.5) is 4.39 Å². The molecule has 7 nitrogen and oxygen atoms in total. The van der Waals surface area contributed by atoms with Gasteiger partial charge in [-0.2, -0.15) is 0 Å². The lowest BCUT2D eigenvalue weighted by Gasteiger charge is -2.20. The minimum absolute atomic E-state index is 0.106. The fourth-order valence-corrected chi connectivity index (χ4v) is 2.20. The number of hydrogen-bond acceptors (Lipinski definition) is 4. The maximum absolute atomic E-state index is 13.7. The Kier molecular flexibility index (Phi) is 7.02. The van der Waals surface area contributed by atoms with Crippen LogP contribution in [0.15, 0.2) is 45.8 Å². The molecule has 1 heterocycles. The van der Waals surface area contributed by atoms with Crippen molar-refractivity contribution >= 4 is 11.9 Å². The van der Waals surface area contributed by atoms with E-state index in [1.807, 2.05) is 6.92 Å². The SMILES string of the molecule is CCC(CNC(=NC)NCc1ccc(C(N)=O)o1)Oc1ccccc1F. The third-order valence-corrected chi connectivity index (χ3v) is 3.64. The molecule has 2 rings (SSSR count). The van der Waals surface area contributed by atoms with Crippen molar-refractivity contribution in [3.05, 3.63) is 53.7 Å². The lowest BCUT2D eigenvalue weighted by atomic mass is 10.2. The van der Waals surface area contributed by atoms with Crippen molar-refractivity contribution < 1.29 is 18.3 Å². The number of carbonyl (C=O) groups is 1. The summed E-state index contributed by atoms with van der Waals surface area (Å²) in [5, 5.41) is 6.17. The van der Waals surface area contributed by atoms with Gasteiger partial charge in [0.05, 0.1) is 13.1 Å². The number of furan rings is 1. The predicted molar refractivity (Wildman–Crippen MR) is 96.5 cm³/mol. The van der Waals surface area contributed by atoms with Gasteiger partial charge < -0.3 is 25.5 Å². The van der Waals surface area contributed by atoms with E-state index in [4.69, 9.17) is 14.9 Å². The first kappa shape index (κ1) is 19.3. The molecule has 0 aliphatic heterocycles. The van der Waals surface area contributed by atoms with Crippen LogP contribution >= 0.6 is 0 Å². The Bertz CT molecular complexity index is 760. The second-order valence-corrected chi connectivity index (χ2v) is 5.52. The van der Waals surface area contributed by atoms with Crippen molar-refractivity contribution in [1.29, 1.82) is 0 Å². The third kappa shape index (κ3) is 5.51. The van der Waals surface area contributed by atoms with E-state index in [9.17, 15) is 9.18 Å². The van der Waals surface area contributed by atoms with Gasteiger partial charge in [0.15, 0.2) is 23.3 Å². The summed E-state index contributed by atoms with van der Waals surface area (Å²) in [6.07, 6.45) is 0.467. The van der Waals surface area contributed by atoms with Gasteiger partial charge in [0, 0.05) is 7.05 Å². The highest BCUT2D eigenvalue weighted by atomic mass is 19.1. The Labute approximate surface area is 151 Å². The molecule has 0 aliphatic carbocycles. The first-order valence-electron chi connectivity index (χ1n) is 8.27. The number of ether oxygens (including phenoxy) is 1. The van der Waals surface area contributed by atoms with Gasteiger partial charge in [0.25, 0.3) is 5.91 Å². The average molecular weight is 362 g/mol. The highest BCUT2D eigenvalue weighted by Crippen LogP contribution is 2.17. The summed E-state index contributed by atoms with van der Waals surface area (Å²) in [6, 6.07) is 9.48. The predicted octanol–water partition coefficient (Wildman–Crippen LogP) is 2.04. The highest BCUT2D eigenvalue weighted by Gasteiger charge is 2.12. The van der Waals surface area contributed by atoms with Crippen LogP contribution in [0, 0.1) is 5.82 Å². The number of nitrogens with zero attached hydrogens (tertiary/aromatic N) is 1. The monoisotopic (exact) mass is 362 g/mol. The molecule has 0 fully saturated rings. The number of benzene rings is 1. The van der Waals surface area contributed by atoms with Gasteiger partial charge in [0.1, 0.15) is 11.9 Å². The maximum atomic E-state index is 13.7. The van der Waals surface area contributed by atoms with Gasteiger partial charge >= 0.3 is 0 Å². The number of primary amides is 1. The number of para-hydroxylation sites is 1. The molecule has 1 unspecified atom stereocenters. The smallest absolute Gasteiger partial charge is 0.284 e. The summed E-state index contributed by atoms with van der Waals surface area (Å²) in [7, 11) is 1.63. The summed E-state index contributed by atoms with van der Waals surface area (Å²) in [4.78, 5) is 15.1. The van der Waals surface area contributed by atoms with Crippen molar-refractivity contribution in [2.75, 3.05) is 13.6 Å². The van der Waals surface area contributed by atoms with Crippen LogP contribution in [0.2, 0.25) is 0 Å². The van der Waals surface area contributed by atoms with Gasteiger partial charge in [-0.3, -0.25) is 9.79 Å². The minimum Gasteiger partial charge on any atom is -0.486 e. The summed E-state index contributed by atoms with van der Waals surface area (Å²) < 4.78 is 24.7. The Hall–Kier alpha value is -3.03. The molecule has 1 amide bonds. The van der Waals surface area contributed by atoms with Crippen LogP contribution in [0.1, 0.15) is 29.7 Å². The van der Waals surface area contributed by atoms with Gasteiger partial charge in [-0.25, -0.2) is 4.39 Å². The van der Waals surface area contributed by atoms with Gasteiger partial charge in [-0.15, -0.1) is 0 Å². The summed E-state index contributed by atoms with van der Waals surface area (Å²) in [5.41, 5.74) is 5.15. The number of carbonyl (C=O) groups excluding carboxylic acids is 1. The molecule has 0 radical (unpaired) electrons. The lowest BCUT2D eigenvalue weighted by molar-refractivity contribution is 0.0972. The largest absolute Gasteiger partial charge is 0.486 e. The normalized spacial score (nSPS) is 12.5. The van der Waals surface area contributed by atoms with Crippen LogP contribution < -0.4 is 21.1 Å². The minimum atomic E-state index is -0.616. The Morgan fingerprint density at radius 3 is 2.69 bits per heavy atom. The van der Waals surface area contributed by atoms with E-state index in [1.165, 1.54) is 12.1 Å². The Morgan fingerprint density at radius 2 is 2.08 bits per heavy atom. The standard InChI is InChI=1S/C18H23FN4O3/c1-3-12(25-15-7-5-4-6-14(15)19)10-22-18(21-2)23-11-13-8-9-16(26-13)17(20)24/h4-9,12H,3,10-11H2,1-2H3,(H2,20,24)(H2,21,22,23). The van der Waals surface area contributed by atoms with Crippen LogP contribution in [0.3, 0.4) is 0 Å². The van der Waals surface area contributed by atoms with Crippen LogP contribution in [-0.4, -0.2) is 31.6 Å². The highest BCUT2D eigenvalue weighted by molar-refractivity contribution is 5.89. The second-order valence-electron chi connectivity index (χ2n) is 5.52. The third-order valence-electron chi connectivity index (χ3n) is 3.64. The van der Waals surface area contributed by atoms with Crippen LogP contribution in [0.5, 0.6) is 5.75 Å². The van der Waals surface area contributed by atoms with Crippen molar-refractivity contribution in [2.24, 2.45) is 10.7 Å². The first-order chi connectivity index (χ1) is 12.5. The van der Waals surface area contributed by atoms with Crippen molar-refractivity contribution in [1.82, 2.24) is 10.6 Å². The van der Waals surface area contributed by atoms with E-state index >= 15 is 0 Å². The zero-order chi connectivity index (χ0) is 18.9. The summed E-state index contributed by atoms with van der Waals surface area (Å²) >= 11 is 0. The number of aliphatic imine (C=N–C) groups is 1. The van der Waals surface area contributed by atoms with E-state index in [1.54, 1.807) is 31.3 Å². The molecular formula is C18H23FN4O3. The molecule has 1 aromatic carbocycles. The number of nitrogens with one attached hydrogen (secondary N) is 2. The molecule has 0 saturated carbocycles. The molecule has 26 heavy (non-hydrogen) atoms. The van der Waals surface area contributed by atoms with E-state index in [2.05, 4.69) is 15.6 Å². The van der Waals surface area contributed by atoms with Crippen molar-refractivity contribution in [3.63, 3.8) is 0 Å². The van der Waals surface area contributed by atoms with E-state index in [0.717, 1.165) is 0 Å². The fourth-order valence-electron chi connectivity index (χ4n) is 2.20. The van der Waals surface area contributed by atoms with Crippen LogP contribution in [-0.2, 0) is 6.54 Å². The quantitative estimate of drug-likeness (QED) is 0.493. The number of guanidine groups is 1. The molecule has 0 aliphatic rings. The maximum Gasteiger partial charge on any atom is 0.284 e. The Balaban J connectivity index is 1.84. The Morgan fingerprint density at radius 1 is 1.31 bits per heavy atom. The summed E-state index contributed by atoms with van der Waals surface area (Å²) in [6.45, 7) is 2.73. The molecule has 1 aromatic heterocycles. The molecule has 1 atom stereocenters. The summed E-state index contributed by atoms with van der Waals surface area (Å²) in [5.74, 6) is 0.396. The van der Waals surface area contributed by atoms with Gasteiger partial charge in [0.2, 0.25) is 0 Å². The van der Waals surface area contributed by atoms with E-state index < -0.39 is 11.7 Å². The molecular weight excluding hydrogens is 339 g/mol. The number of halogens is 1. The van der Waals surface area contributed by atoms with Crippen molar-refractivity contribution in [3.8, 4) is 5.75 Å². The van der Waals surface area contributed by atoms with E-state index in [0.29, 0.717) is 31.2 Å². The molecule has 4 N–H and O–H groups in total. The van der Waals surface area contributed by atoms with Gasteiger partial charge in [-0.1, -0.05) is 19.1 Å².